The lowest BCUT2D eigenvalue weighted by Gasteiger charge is -2.08. The van der Waals surface area contributed by atoms with Crippen molar-refractivity contribution in [2.24, 2.45) is 0 Å². The van der Waals surface area contributed by atoms with Crippen LogP contribution in [0.4, 0.5) is 0 Å². The van der Waals surface area contributed by atoms with E-state index in [9.17, 15) is 0 Å². The van der Waals surface area contributed by atoms with Gasteiger partial charge in [-0.05, 0) is 28.7 Å². The van der Waals surface area contributed by atoms with Crippen molar-refractivity contribution in [1.29, 1.82) is 0 Å². The Morgan fingerprint density at radius 2 is 1.80 bits per heavy atom. The molecule has 2 heteroatoms. The first-order valence-corrected chi connectivity index (χ1v) is 6.13. The molecule has 2 rings (SSSR count). The van der Waals surface area contributed by atoms with Crippen LogP contribution in [0.5, 0.6) is 0 Å². The van der Waals surface area contributed by atoms with E-state index < -0.39 is 0 Å². The first-order chi connectivity index (χ1) is 7.36. The van der Waals surface area contributed by atoms with Crippen LogP contribution in [0.25, 0.3) is 10.8 Å². The van der Waals surface area contributed by atoms with E-state index in [0.29, 0.717) is 6.61 Å². The summed E-state index contributed by atoms with van der Waals surface area (Å²) in [6.07, 6.45) is 2.11. The number of rotatable bonds is 3. The predicted molar refractivity (Wildman–Crippen MR) is 66.4 cm³/mol. The average Bonchev–Trinajstić information content (AvgIpc) is 2.30. The van der Waals surface area contributed by atoms with Crippen LogP contribution < -0.4 is 0 Å². The molecule has 0 saturated heterocycles. The fourth-order valence-corrected chi connectivity index (χ4v) is 2.40. The van der Waals surface area contributed by atoms with Crippen LogP contribution in [-0.4, -0.2) is 13.4 Å². The van der Waals surface area contributed by atoms with E-state index >= 15 is 0 Å². The summed E-state index contributed by atoms with van der Waals surface area (Å²) < 4.78 is 5.20. The maximum Gasteiger partial charge on any atom is 0.0719 e. The Balaban J connectivity index is 2.66. The Bertz CT molecular complexity index is 465. The zero-order valence-corrected chi connectivity index (χ0v) is 9.80. The maximum atomic E-state index is 5.20. The molecule has 0 unspecified atom stereocenters. The SMILES string of the molecule is COCc1ccc(SC)c2ccccc12. The van der Waals surface area contributed by atoms with E-state index in [1.165, 1.54) is 21.2 Å². The summed E-state index contributed by atoms with van der Waals surface area (Å²) >= 11 is 1.78. The molecule has 2 aromatic carbocycles. The molecule has 0 spiro atoms. The first kappa shape index (κ1) is 10.5. The van der Waals surface area contributed by atoms with Crippen LogP contribution in [0.1, 0.15) is 5.56 Å². The van der Waals surface area contributed by atoms with Gasteiger partial charge in [-0.2, -0.15) is 0 Å². The highest BCUT2D eigenvalue weighted by Gasteiger charge is 2.03. The van der Waals surface area contributed by atoms with Gasteiger partial charge in [0.25, 0.3) is 0 Å². The quantitative estimate of drug-likeness (QED) is 0.726. The largest absolute Gasteiger partial charge is 0.380 e. The van der Waals surface area contributed by atoms with Crippen molar-refractivity contribution >= 4 is 22.5 Å². The van der Waals surface area contributed by atoms with Crippen molar-refractivity contribution in [1.82, 2.24) is 0 Å². The number of hydrogen-bond acceptors (Lipinski definition) is 2. The van der Waals surface area contributed by atoms with E-state index in [-0.39, 0.29) is 0 Å². The normalized spacial score (nSPS) is 10.8. The average molecular weight is 218 g/mol. The molecule has 15 heavy (non-hydrogen) atoms. The molecule has 1 nitrogen and oxygen atoms in total. The molecule has 0 amide bonds. The molecule has 2 aromatic rings. The molecule has 0 heterocycles. The monoisotopic (exact) mass is 218 g/mol. The molecule has 0 fully saturated rings. The van der Waals surface area contributed by atoms with Gasteiger partial charge < -0.3 is 4.74 Å². The highest BCUT2D eigenvalue weighted by atomic mass is 32.2. The van der Waals surface area contributed by atoms with Crippen molar-refractivity contribution in [2.75, 3.05) is 13.4 Å². The summed E-state index contributed by atoms with van der Waals surface area (Å²) in [6, 6.07) is 12.8. The molecular formula is C13H14OS. The summed E-state index contributed by atoms with van der Waals surface area (Å²) in [4.78, 5) is 1.32. The Morgan fingerprint density at radius 3 is 2.47 bits per heavy atom. The van der Waals surface area contributed by atoms with Gasteiger partial charge in [0.05, 0.1) is 6.61 Å². The summed E-state index contributed by atoms with van der Waals surface area (Å²) in [5, 5.41) is 2.62. The summed E-state index contributed by atoms with van der Waals surface area (Å²) in [6.45, 7) is 0.676. The zero-order chi connectivity index (χ0) is 10.7. The summed E-state index contributed by atoms with van der Waals surface area (Å²) in [7, 11) is 1.73. The highest BCUT2D eigenvalue weighted by molar-refractivity contribution is 7.98. The smallest absolute Gasteiger partial charge is 0.0719 e. The number of thioether (sulfide) groups is 1. The number of methoxy groups -OCH3 is 1. The Labute approximate surface area is 94.4 Å². The molecule has 0 bridgehead atoms. The minimum atomic E-state index is 0.676. The Hall–Kier alpha value is -0.990. The van der Waals surface area contributed by atoms with Gasteiger partial charge in [-0.25, -0.2) is 0 Å². The van der Waals surface area contributed by atoms with E-state index in [4.69, 9.17) is 4.74 Å². The molecule has 0 aliphatic heterocycles. The van der Waals surface area contributed by atoms with E-state index in [0.717, 1.165) is 0 Å². The van der Waals surface area contributed by atoms with Crippen molar-refractivity contribution < 1.29 is 4.74 Å². The van der Waals surface area contributed by atoms with Crippen LogP contribution in [0.15, 0.2) is 41.3 Å². The molecule has 0 N–H and O–H groups in total. The molecule has 0 saturated carbocycles. The van der Waals surface area contributed by atoms with Gasteiger partial charge in [0.2, 0.25) is 0 Å². The summed E-state index contributed by atoms with van der Waals surface area (Å²) in [5.74, 6) is 0. The Morgan fingerprint density at radius 1 is 1.07 bits per heavy atom. The van der Waals surface area contributed by atoms with Gasteiger partial charge >= 0.3 is 0 Å². The van der Waals surface area contributed by atoms with Crippen LogP contribution in [0, 0.1) is 0 Å². The van der Waals surface area contributed by atoms with Gasteiger partial charge in [-0.1, -0.05) is 30.3 Å². The van der Waals surface area contributed by atoms with Gasteiger partial charge in [-0.3, -0.25) is 0 Å². The molecule has 78 valence electrons. The number of ether oxygens (including phenoxy) is 1. The van der Waals surface area contributed by atoms with Gasteiger partial charge in [0, 0.05) is 12.0 Å². The van der Waals surface area contributed by atoms with Crippen LogP contribution in [0.3, 0.4) is 0 Å². The van der Waals surface area contributed by atoms with Crippen LogP contribution in [-0.2, 0) is 11.3 Å². The summed E-state index contributed by atoms with van der Waals surface area (Å²) in [5.41, 5.74) is 1.26. The third-order valence-electron chi connectivity index (χ3n) is 2.49. The predicted octanol–water partition coefficient (Wildman–Crippen LogP) is 3.71. The van der Waals surface area contributed by atoms with Gasteiger partial charge in [0.15, 0.2) is 0 Å². The van der Waals surface area contributed by atoms with Gasteiger partial charge in [0.1, 0.15) is 0 Å². The molecule has 0 aromatic heterocycles. The van der Waals surface area contributed by atoms with E-state index in [1.54, 1.807) is 18.9 Å². The highest BCUT2D eigenvalue weighted by Crippen LogP contribution is 2.28. The molecule has 0 radical (unpaired) electrons. The lowest BCUT2D eigenvalue weighted by atomic mass is 10.1. The van der Waals surface area contributed by atoms with Crippen molar-refractivity contribution in [3.05, 3.63) is 42.0 Å². The minimum absolute atomic E-state index is 0.676. The van der Waals surface area contributed by atoms with Crippen molar-refractivity contribution in [2.45, 2.75) is 11.5 Å². The topological polar surface area (TPSA) is 9.23 Å². The first-order valence-electron chi connectivity index (χ1n) is 4.90. The van der Waals surface area contributed by atoms with Crippen molar-refractivity contribution in [3.8, 4) is 0 Å². The third-order valence-corrected chi connectivity index (χ3v) is 3.29. The van der Waals surface area contributed by atoms with Gasteiger partial charge in [-0.15, -0.1) is 11.8 Å². The van der Waals surface area contributed by atoms with Crippen LogP contribution >= 0.6 is 11.8 Å². The third kappa shape index (κ3) is 2.01. The molecule has 0 atom stereocenters. The number of hydrogen-bond donors (Lipinski definition) is 0. The molecule has 0 aliphatic carbocycles. The fourth-order valence-electron chi connectivity index (χ4n) is 1.79. The van der Waals surface area contributed by atoms with Crippen LogP contribution in [0.2, 0.25) is 0 Å². The second-order valence-corrected chi connectivity index (χ2v) is 4.25. The molecule has 0 aliphatic rings. The lowest BCUT2D eigenvalue weighted by Crippen LogP contribution is -1.90. The second kappa shape index (κ2) is 4.69. The number of fused-ring (bicyclic) bond motifs is 1. The van der Waals surface area contributed by atoms with E-state index in [2.05, 4.69) is 42.7 Å². The fraction of sp³-hybridized carbons (Fsp3) is 0.231. The van der Waals surface area contributed by atoms with Crippen molar-refractivity contribution in [3.63, 3.8) is 0 Å². The molecular weight excluding hydrogens is 204 g/mol. The lowest BCUT2D eigenvalue weighted by molar-refractivity contribution is 0.186. The van der Waals surface area contributed by atoms with E-state index in [1.807, 2.05) is 0 Å². The maximum absolute atomic E-state index is 5.20. The zero-order valence-electron chi connectivity index (χ0n) is 8.99. The standard InChI is InChI=1S/C13H14OS/c1-14-9-10-7-8-13(15-2)12-6-4-3-5-11(10)12/h3-8H,9H2,1-2H3. The Kier molecular flexibility index (Phi) is 3.29. The number of benzene rings is 2. The minimum Gasteiger partial charge on any atom is -0.380 e. The second-order valence-electron chi connectivity index (χ2n) is 3.41.